The molecule has 0 heterocycles. The van der Waals surface area contributed by atoms with E-state index in [0.29, 0.717) is 19.6 Å². The summed E-state index contributed by atoms with van der Waals surface area (Å²) in [4.78, 5) is 24.6. The quantitative estimate of drug-likeness (QED) is 0.191. The van der Waals surface area contributed by atoms with Crippen molar-refractivity contribution in [3.63, 3.8) is 0 Å². The highest BCUT2D eigenvalue weighted by molar-refractivity contribution is 5.76. The predicted octanol–water partition coefficient (Wildman–Crippen LogP) is 6.99. The molecule has 4 nitrogen and oxygen atoms in total. The first-order chi connectivity index (χ1) is 14.2. The van der Waals surface area contributed by atoms with Crippen LogP contribution in [0.2, 0.25) is 0 Å². The van der Waals surface area contributed by atoms with Crippen LogP contribution in [0.15, 0.2) is 0 Å². The summed E-state index contributed by atoms with van der Waals surface area (Å²) in [6, 6.07) is 0. The molecule has 1 aliphatic rings. The van der Waals surface area contributed by atoms with Crippen LogP contribution in [-0.2, 0) is 19.1 Å². The molecule has 1 fully saturated rings. The van der Waals surface area contributed by atoms with Gasteiger partial charge in [0.05, 0.1) is 25.0 Å². The predicted molar refractivity (Wildman–Crippen MR) is 119 cm³/mol. The molecule has 4 heteroatoms. The van der Waals surface area contributed by atoms with E-state index in [4.69, 9.17) is 9.47 Å². The Balaban J connectivity index is 2.08. The molecule has 0 spiro atoms. The molecular formula is C25H46O4. The summed E-state index contributed by atoms with van der Waals surface area (Å²) in [7, 11) is 0. The molecule has 0 aromatic carbocycles. The number of rotatable bonds is 17. The third-order valence-corrected chi connectivity index (χ3v) is 6.08. The summed E-state index contributed by atoms with van der Waals surface area (Å²) >= 11 is 0. The van der Waals surface area contributed by atoms with E-state index in [-0.39, 0.29) is 23.8 Å². The van der Waals surface area contributed by atoms with Crippen LogP contribution in [0.5, 0.6) is 0 Å². The Kier molecular flexibility index (Phi) is 15.9. The van der Waals surface area contributed by atoms with Crippen LogP contribution in [0.3, 0.4) is 0 Å². The molecular weight excluding hydrogens is 364 g/mol. The molecule has 2 unspecified atom stereocenters. The van der Waals surface area contributed by atoms with Crippen LogP contribution in [0.1, 0.15) is 123 Å². The second-order valence-electron chi connectivity index (χ2n) is 8.78. The SMILES string of the molecule is CCCCCCCCCCCOC(=O)C1CCCC(C(=O)OCCCCCC)C1. The Hall–Kier alpha value is -1.06. The highest BCUT2D eigenvalue weighted by Crippen LogP contribution is 2.31. The first-order valence-electron chi connectivity index (χ1n) is 12.5. The molecule has 2 atom stereocenters. The van der Waals surface area contributed by atoms with Gasteiger partial charge < -0.3 is 9.47 Å². The van der Waals surface area contributed by atoms with Gasteiger partial charge in [0.2, 0.25) is 0 Å². The first kappa shape index (κ1) is 26.0. The maximum absolute atomic E-state index is 12.4. The van der Waals surface area contributed by atoms with Crippen LogP contribution in [-0.4, -0.2) is 25.2 Å². The van der Waals surface area contributed by atoms with E-state index in [1.54, 1.807) is 0 Å². The van der Waals surface area contributed by atoms with E-state index in [1.165, 1.54) is 57.8 Å². The maximum Gasteiger partial charge on any atom is 0.308 e. The molecule has 0 amide bonds. The van der Waals surface area contributed by atoms with Crippen molar-refractivity contribution in [2.45, 2.75) is 123 Å². The summed E-state index contributed by atoms with van der Waals surface area (Å²) in [5.41, 5.74) is 0. The minimum Gasteiger partial charge on any atom is -0.465 e. The van der Waals surface area contributed by atoms with Gasteiger partial charge in [0.15, 0.2) is 0 Å². The lowest BCUT2D eigenvalue weighted by molar-refractivity contribution is -0.155. The van der Waals surface area contributed by atoms with Gasteiger partial charge in [0.1, 0.15) is 0 Å². The number of ether oxygens (including phenoxy) is 2. The van der Waals surface area contributed by atoms with Crippen molar-refractivity contribution in [1.82, 2.24) is 0 Å². The summed E-state index contributed by atoms with van der Waals surface area (Å²) in [5.74, 6) is -0.469. The van der Waals surface area contributed by atoms with Gasteiger partial charge in [0.25, 0.3) is 0 Å². The number of hydrogen-bond acceptors (Lipinski definition) is 4. The number of carbonyl (C=O) groups excluding carboxylic acids is 2. The van der Waals surface area contributed by atoms with Crippen molar-refractivity contribution < 1.29 is 19.1 Å². The first-order valence-corrected chi connectivity index (χ1v) is 12.5. The molecule has 0 bridgehead atoms. The molecule has 1 saturated carbocycles. The van der Waals surface area contributed by atoms with E-state index < -0.39 is 0 Å². The summed E-state index contributed by atoms with van der Waals surface area (Å²) in [6.45, 7) is 5.46. The average Bonchev–Trinajstić information content (AvgIpc) is 2.74. The lowest BCUT2D eigenvalue weighted by Crippen LogP contribution is -2.30. The Morgan fingerprint density at radius 1 is 0.621 bits per heavy atom. The van der Waals surface area contributed by atoms with Crippen LogP contribution < -0.4 is 0 Å². The lowest BCUT2D eigenvalue weighted by atomic mass is 9.81. The van der Waals surface area contributed by atoms with Gasteiger partial charge in [0, 0.05) is 0 Å². The zero-order chi connectivity index (χ0) is 21.2. The molecule has 0 saturated heterocycles. The van der Waals surface area contributed by atoms with Gasteiger partial charge in [-0.3, -0.25) is 9.59 Å². The maximum atomic E-state index is 12.4. The van der Waals surface area contributed by atoms with Gasteiger partial charge in [-0.15, -0.1) is 0 Å². The Labute approximate surface area is 179 Å². The second-order valence-corrected chi connectivity index (χ2v) is 8.78. The number of unbranched alkanes of at least 4 members (excludes halogenated alkanes) is 11. The highest BCUT2D eigenvalue weighted by Gasteiger charge is 2.32. The van der Waals surface area contributed by atoms with Gasteiger partial charge in [-0.2, -0.15) is 0 Å². The zero-order valence-corrected chi connectivity index (χ0v) is 19.2. The van der Waals surface area contributed by atoms with Gasteiger partial charge in [-0.1, -0.05) is 90.9 Å². The number of esters is 2. The van der Waals surface area contributed by atoms with E-state index in [9.17, 15) is 9.59 Å². The number of hydrogen-bond donors (Lipinski definition) is 0. The third kappa shape index (κ3) is 13.0. The molecule has 0 aromatic rings. The Morgan fingerprint density at radius 3 is 1.45 bits per heavy atom. The topological polar surface area (TPSA) is 52.6 Å². The minimum absolute atomic E-state index is 0.106. The van der Waals surface area contributed by atoms with Crippen LogP contribution in [0, 0.1) is 11.8 Å². The van der Waals surface area contributed by atoms with Crippen molar-refractivity contribution in [2.75, 3.05) is 13.2 Å². The highest BCUT2D eigenvalue weighted by atomic mass is 16.5. The molecule has 0 aliphatic heterocycles. The lowest BCUT2D eigenvalue weighted by Gasteiger charge is -2.26. The standard InChI is InChI=1S/C25H46O4/c1-3-5-7-9-10-11-12-13-15-20-29-25(27)23-18-16-17-22(21-23)24(26)28-19-14-8-6-4-2/h22-23H,3-21H2,1-2H3. The number of carbonyl (C=O) groups is 2. The third-order valence-electron chi connectivity index (χ3n) is 6.08. The zero-order valence-electron chi connectivity index (χ0n) is 19.2. The molecule has 0 N–H and O–H groups in total. The molecule has 170 valence electrons. The molecule has 1 rings (SSSR count). The fraction of sp³-hybridized carbons (Fsp3) is 0.920. The van der Waals surface area contributed by atoms with Gasteiger partial charge >= 0.3 is 11.9 Å². The van der Waals surface area contributed by atoms with Crippen LogP contribution >= 0.6 is 0 Å². The second kappa shape index (κ2) is 17.8. The Morgan fingerprint density at radius 2 is 1.00 bits per heavy atom. The van der Waals surface area contributed by atoms with Crippen molar-refractivity contribution in [3.8, 4) is 0 Å². The van der Waals surface area contributed by atoms with E-state index in [0.717, 1.165) is 44.9 Å². The van der Waals surface area contributed by atoms with Crippen molar-refractivity contribution in [2.24, 2.45) is 11.8 Å². The smallest absolute Gasteiger partial charge is 0.308 e. The summed E-state index contributed by atoms with van der Waals surface area (Å²) in [6.07, 6.45) is 18.9. The van der Waals surface area contributed by atoms with E-state index in [1.807, 2.05) is 0 Å². The molecule has 1 aliphatic carbocycles. The van der Waals surface area contributed by atoms with Crippen molar-refractivity contribution >= 4 is 11.9 Å². The fourth-order valence-electron chi connectivity index (χ4n) is 4.14. The normalized spacial score (nSPS) is 19.1. The van der Waals surface area contributed by atoms with Gasteiger partial charge in [-0.05, 0) is 32.1 Å². The van der Waals surface area contributed by atoms with Crippen molar-refractivity contribution in [3.05, 3.63) is 0 Å². The van der Waals surface area contributed by atoms with E-state index >= 15 is 0 Å². The van der Waals surface area contributed by atoms with Crippen molar-refractivity contribution in [1.29, 1.82) is 0 Å². The largest absolute Gasteiger partial charge is 0.465 e. The summed E-state index contributed by atoms with van der Waals surface area (Å²) < 4.78 is 10.9. The monoisotopic (exact) mass is 410 g/mol. The van der Waals surface area contributed by atoms with Crippen LogP contribution in [0.4, 0.5) is 0 Å². The van der Waals surface area contributed by atoms with Crippen LogP contribution in [0.25, 0.3) is 0 Å². The molecule has 0 radical (unpaired) electrons. The Bertz CT molecular complexity index is 421. The minimum atomic E-state index is -0.125. The van der Waals surface area contributed by atoms with E-state index in [2.05, 4.69) is 13.8 Å². The van der Waals surface area contributed by atoms with Gasteiger partial charge in [-0.25, -0.2) is 0 Å². The summed E-state index contributed by atoms with van der Waals surface area (Å²) in [5, 5.41) is 0. The molecule has 29 heavy (non-hydrogen) atoms. The molecule has 0 aromatic heterocycles. The average molecular weight is 411 g/mol. The fourth-order valence-corrected chi connectivity index (χ4v) is 4.14.